The van der Waals surface area contributed by atoms with Gasteiger partial charge in [-0.1, -0.05) is 18.2 Å². The maximum absolute atomic E-state index is 14.1. The SMILES string of the molecule is Cc1c(C(=O)O)sc2nc(Cc3ccccc3F)n(CCCC#N)c(=O)c12. The molecular formula is C19H16FN3O3S. The lowest BCUT2D eigenvalue weighted by atomic mass is 10.1. The second kappa shape index (κ2) is 7.68. The largest absolute Gasteiger partial charge is 0.477 e. The van der Waals surface area contributed by atoms with Crippen LogP contribution in [0.4, 0.5) is 4.39 Å². The molecule has 1 N–H and O–H groups in total. The molecule has 2 heterocycles. The van der Waals surface area contributed by atoms with Crippen molar-refractivity contribution in [1.82, 2.24) is 9.55 Å². The minimum atomic E-state index is -1.11. The summed E-state index contributed by atoms with van der Waals surface area (Å²) in [6.07, 6.45) is 0.819. The Labute approximate surface area is 158 Å². The number of fused-ring (bicyclic) bond motifs is 1. The van der Waals surface area contributed by atoms with Crippen LogP contribution in [-0.2, 0) is 13.0 Å². The molecular weight excluding hydrogens is 369 g/mol. The molecule has 0 unspecified atom stereocenters. The summed E-state index contributed by atoms with van der Waals surface area (Å²) in [6.45, 7) is 1.85. The van der Waals surface area contributed by atoms with Crippen molar-refractivity contribution >= 4 is 27.5 Å². The first kappa shape index (κ1) is 18.7. The Bertz CT molecular complexity index is 1130. The minimum Gasteiger partial charge on any atom is -0.477 e. The number of unbranched alkanes of at least 4 members (excludes halogenated alkanes) is 1. The van der Waals surface area contributed by atoms with Gasteiger partial charge in [-0.15, -0.1) is 11.3 Å². The molecule has 1 aromatic carbocycles. The van der Waals surface area contributed by atoms with Crippen molar-refractivity contribution in [2.75, 3.05) is 0 Å². The highest BCUT2D eigenvalue weighted by atomic mass is 32.1. The summed E-state index contributed by atoms with van der Waals surface area (Å²) in [5, 5.41) is 18.4. The maximum Gasteiger partial charge on any atom is 0.346 e. The molecule has 3 rings (SSSR count). The average molecular weight is 385 g/mol. The molecule has 8 heteroatoms. The van der Waals surface area contributed by atoms with Crippen LogP contribution >= 0.6 is 11.3 Å². The fourth-order valence-electron chi connectivity index (χ4n) is 2.96. The zero-order valence-electron chi connectivity index (χ0n) is 14.5. The van der Waals surface area contributed by atoms with Crippen molar-refractivity contribution in [2.45, 2.75) is 32.7 Å². The quantitative estimate of drug-likeness (QED) is 0.655. The Morgan fingerprint density at radius 1 is 1.41 bits per heavy atom. The number of carbonyl (C=O) groups is 1. The van der Waals surface area contributed by atoms with Crippen LogP contribution in [0.25, 0.3) is 10.2 Å². The van der Waals surface area contributed by atoms with E-state index in [1.165, 1.54) is 10.6 Å². The van der Waals surface area contributed by atoms with Crippen molar-refractivity contribution in [3.05, 3.63) is 62.3 Å². The summed E-state index contributed by atoms with van der Waals surface area (Å²) in [7, 11) is 0. The number of nitrogens with zero attached hydrogens (tertiary/aromatic N) is 3. The van der Waals surface area contributed by atoms with Crippen LogP contribution in [0.15, 0.2) is 29.1 Å². The lowest BCUT2D eigenvalue weighted by molar-refractivity contribution is 0.0701. The molecule has 0 spiro atoms. The van der Waals surface area contributed by atoms with Gasteiger partial charge in [-0.25, -0.2) is 14.2 Å². The highest BCUT2D eigenvalue weighted by molar-refractivity contribution is 7.20. The normalized spacial score (nSPS) is 10.9. The predicted molar refractivity (Wildman–Crippen MR) is 99.6 cm³/mol. The summed E-state index contributed by atoms with van der Waals surface area (Å²) in [4.78, 5) is 29.3. The third-order valence-electron chi connectivity index (χ3n) is 4.30. The zero-order chi connectivity index (χ0) is 19.6. The lowest BCUT2D eigenvalue weighted by Gasteiger charge is -2.12. The standard InChI is InChI=1S/C19H16FN3O3S/c1-11-15-17(27-16(11)19(25)26)22-14(10-12-6-2-3-7-13(12)20)23(18(15)24)9-5-4-8-21/h2-3,6-7H,4-5,9-10H2,1H3,(H,25,26). The summed E-state index contributed by atoms with van der Waals surface area (Å²) < 4.78 is 15.5. The molecule has 0 aliphatic rings. The van der Waals surface area contributed by atoms with E-state index in [9.17, 15) is 19.1 Å². The minimum absolute atomic E-state index is 0.0706. The van der Waals surface area contributed by atoms with Crippen molar-refractivity contribution in [3.8, 4) is 6.07 Å². The first-order valence-electron chi connectivity index (χ1n) is 8.30. The molecule has 0 aliphatic carbocycles. The van der Waals surface area contributed by atoms with E-state index in [0.29, 0.717) is 28.2 Å². The van der Waals surface area contributed by atoms with Gasteiger partial charge in [-0.05, 0) is 30.5 Å². The number of benzene rings is 1. The van der Waals surface area contributed by atoms with Crippen molar-refractivity contribution in [2.24, 2.45) is 0 Å². The molecule has 0 aliphatic heterocycles. The van der Waals surface area contributed by atoms with E-state index in [-0.39, 0.29) is 35.2 Å². The fourth-order valence-corrected chi connectivity index (χ4v) is 3.99. The number of carboxylic acid groups (broad SMARTS) is 1. The number of thiophene rings is 1. The van der Waals surface area contributed by atoms with Gasteiger partial charge in [-0.2, -0.15) is 5.26 Å². The first-order chi connectivity index (χ1) is 12.9. The summed E-state index contributed by atoms with van der Waals surface area (Å²) in [6, 6.07) is 8.27. The van der Waals surface area contributed by atoms with Crippen LogP contribution in [0, 0.1) is 24.1 Å². The van der Waals surface area contributed by atoms with Crippen LogP contribution in [0.3, 0.4) is 0 Å². The molecule has 3 aromatic rings. The van der Waals surface area contributed by atoms with Gasteiger partial charge in [0.05, 0.1) is 11.5 Å². The summed E-state index contributed by atoms with van der Waals surface area (Å²) in [5.74, 6) is -1.15. The molecule has 27 heavy (non-hydrogen) atoms. The van der Waals surface area contributed by atoms with E-state index in [0.717, 1.165) is 11.3 Å². The molecule has 0 saturated carbocycles. The van der Waals surface area contributed by atoms with Crippen LogP contribution < -0.4 is 5.56 Å². The molecule has 0 saturated heterocycles. The number of carboxylic acids is 1. The van der Waals surface area contributed by atoms with Crippen molar-refractivity contribution < 1.29 is 14.3 Å². The number of rotatable bonds is 6. The van der Waals surface area contributed by atoms with E-state index in [2.05, 4.69) is 4.98 Å². The van der Waals surface area contributed by atoms with E-state index in [1.807, 2.05) is 6.07 Å². The van der Waals surface area contributed by atoms with Gasteiger partial charge < -0.3 is 5.11 Å². The molecule has 138 valence electrons. The van der Waals surface area contributed by atoms with Crippen molar-refractivity contribution in [3.63, 3.8) is 0 Å². The van der Waals surface area contributed by atoms with E-state index in [1.54, 1.807) is 25.1 Å². The van der Waals surface area contributed by atoms with Gasteiger partial charge in [0, 0.05) is 19.4 Å². The monoisotopic (exact) mass is 385 g/mol. The van der Waals surface area contributed by atoms with Gasteiger partial charge in [0.25, 0.3) is 5.56 Å². The highest BCUT2D eigenvalue weighted by Gasteiger charge is 2.21. The number of nitriles is 1. The second-order valence-corrected chi connectivity index (χ2v) is 7.06. The number of aromatic carboxylic acids is 1. The van der Waals surface area contributed by atoms with Gasteiger partial charge in [0.1, 0.15) is 21.3 Å². The Morgan fingerprint density at radius 3 is 2.81 bits per heavy atom. The van der Waals surface area contributed by atoms with Gasteiger partial charge in [0.15, 0.2) is 0 Å². The van der Waals surface area contributed by atoms with Crippen LogP contribution in [0.1, 0.15) is 39.5 Å². The molecule has 0 atom stereocenters. The molecule has 0 amide bonds. The number of aromatic nitrogens is 2. The topological polar surface area (TPSA) is 96.0 Å². The Kier molecular flexibility index (Phi) is 5.33. The Hall–Kier alpha value is -3.05. The third kappa shape index (κ3) is 3.59. The van der Waals surface area contributed by atoms with Gasteiger partial charge in [0.2, 0.25) is 0 Å². The molecule has 6 nitrogen and oxygen atoms in total. The lowest BCUT2D eigenvalue weighted by Crippen LogP contribution is -2.26. The smallest absolute Gasteiger partial charge is 0.346 e. The second-order valence-electron chi connectivity index (χ2n) is 6.06. The van der Waals surface area contributed by atoms with Gasteiger partial charge >= 0.3 is 5.97 Å². The van der Waals surface area contributed by atoms with E-state index in [4.69, 9.17) is 5.26 Å². The van der Waals surface area contributed by atoms with Crippen LogP contribution in [-0.4, -0.2) is 20.6 Å². The molecule has 0 radical (unpaired) electrons. The molecule has 2 aromatic heterocycles. The maximum atomic E-state index is 14.1. The highest BCUT2D eigenvalue weighted by Crippen LogP contribution is 2.28. The van der Waals surface area contributed by atoms with E-state index >= 15 is 0 Å². The fraction of sp³-hybridized carbons (Fsp3) is 0.263. The third-order valence-corrected chi connectivity index (χ3v) is 5.47. The van der Waals surface area contributed by atoms with Crippen LogP contribution in [0.2, 0.25) is 0 Å². The van der Waals surface area contributed by atoms with E-state index < -0.39 is 11.8 Å². The van der Waals surface area contributed by atoms with Crippen molar-refractivity contribution in [1.29, 1.82) is 5.26 Å². The Morgan fingerprint density at radius 2 is 2.15 bits per heavy atom. The number of hydrogen-bond acceptors (Lipinski definition) is 5. The predicted octanol–water partition coefficient (Wildman–Crippen LogP) is 3.50. The number of halogens is 1. The average Bonchev–Trinajstić information content (AvgIpc) is 2.96. The number of hydrogen-bond donors (Lipinski definition) is 1. The zero-order valence-corrected chi connectivity index (χ0v) is 15.3. The summed E-state index contributed by atoms with van der Waals surface area (Å²) in [5.41, 5.74) is 0.418. The first-order valence-corrected chi connectivity index (χ1v) is 9.12. The van der Waals surface area contributed by atoms with Gasteiger partial charge in [-0.3, -0.25) is 9.36 Å². The molecule has 0 fully saturated rings. The Balaban J connectivity index is 2.19. The van der Waals surface area contributed by atoms with Crippen LogP contribution in [0.5, 0.6) is 0 Å². The summed E-state index contributed by atoms with van der Waals surface area (Å²) >= 11 is 0.942. The number of aryl methyl sites for hydroxylation is 1. The molecule has 0 bridgehead atoms.